The van der Waals surface area contributed by atoms with Gasteiger partial charge in [0.25, 0.3) is 0 Å². The summed E-state index contributed by atoms with van der Waals surface area (Å²) in [5, 5.41) is 1.67. The van der Waals surface area contributed by atoms with E-state index < -0.39 is 6.61 Å². The van der Waals surface area contributed by atoms with Crippen LogP contribution in [0.2, 0.25) is 0 Å². The summed E-state index contributed by atoms with van der Waals surface area (Å²) in [7, 11) is 0. The smallest absolute Gasteiger partial charge is 0.323 e. The maximum atomic E-state index is 11.6. The fourth-order valence-corrected chi connectivity index (χ4v) is 1.50. The van der Waals surface area contributed by atoms with Crippen LogP contribution in [0.1, 0.15) is 13.3 Å². The maximum absolute atomic E-state index is 11.6. The number of hydrogen-bond acceptors (Lipinski definition) is 3. The Morgan fingerprint density at radius 1 is 1.67 bits per heavy atom. The monoisotopic (exact) mass is 180 g/mol. The van der Waals surface area contributed by atoms with Crippen LogP contribution in [0.4, 0.5) is 8.78 Å². The molecule has 2 atom stereocenters. The van der Waals surface area contributed by atoms with Crippen molar-refractivity contribution in [3.05, 3.63) is 0 Å². The quantitative estimate of drug-likeness (QED) is 0.653. The summed E-state index contributed by atoms with van der Waals surface area (Å²) >= 11 is 0. The van der Waals surface area contributed by atoms with Gasteiger partial charge in [-0.05, 0) is 19.3 Å². The van der Waals surface area contributed by atoms with Gasteiger partial charge in [0.05, 0.1) is 6.61 Å². The van der Waals surface area contributed by atoms with Crippen LogP contribution in [-0.4, -0.2) is 30.8 Å². The molecule has 0 aromatic carbocycles. The summed E-state index contributed by atoms with van der Waals surface area (Å²) in [6.45, 7) is 0.0681. The standard InChI is InChI=1S/C7H14F2N2O/c1-5-2-6(3-11(5)10)4-12-7(8)9/h5-7H,2-4,10H2,1H3/t5-,6?/m1/s1. The predicted octanol–water partition coefficient (Wildman–Crippen LogP) is 0.810. The maximum Gasteiger partial charge on any atom is 0.345 e. The summed E-state index contributed by atoms with van der Waals surface area (Å²) in [6, 6.07) is 0.274. The molecule has 0 saturated carbocycles. The first-order valence-electron chi connectivity index (χ1n) is 4.00. The number of rotatable bonds is 3. The van der Waals surface area contributed by atoms with Crippen molar-refractivity contribution in [3.63, 3.8) is 0 Å². The molecule has 0 aromatic heterocycles. The Hall–Kier alpha value is -0.260. The van der Waals surface area contributed by atoms with E-state index in [2.05, 4.69) is 4.74 Å². The Labute approximate surface area is 70.4 Å². The first-order chi connectivity index (χ1) is 5.59. The third kappa shape index (κ3) is 2.66. The largest absolute Gasteiger partial charge is 0.345 e. The molecule has 72 valence electrons. The number of hydrogen-bond donors (Lipinski definition) is 1. The molecule has 5 heteroatoms. The second-order valence-electron chi connectivity index (χ2n) is 3.24. The third-order valence-corrected chi connectivity index (χ3v) is 2.17. The Kier molecular flexibility index (Phi) is 3.37. The summed E-state index contributed by atoms with van der Waals surface area (Å²) < 4.78 is 27.4. The van der Waals surface area contributed by atoms with Crippen LogP contribution >= 0.6 is 0 Å². The number of ether oxygens (including phenoxy) is 1. The van der Waals surface area contributed by atoms with E-state index in [0.29, 0.717) is 6.54 Å². The van der Waals surface area contributed by atoms with Crippen LogP contribution in [0.15, 0.2) is 0 Å². The molecular weight excluding hydrogens is 166 g/mol. The molecule has 3 nitrogen and oxygen atoms in total. The van der Waals surface area contributed by atoms with E-state index in [4.69, 9.17) is 5.84 Å². The summed E-state index contributed by atoms with van der Waals surface area (Å²) in [6.07, 6.45) is 0.837. The number of halogens is 2. The number of nitrogens with zero attached hydrogens (tertiary/aromatic N) is 1. The minimum atomic E-state index is -2.66. The van der Waals surface area contributed by atoms with Gasteiger partial charge in [0.2, 0.25) is 0 Å². The van der Waals surface area contributed by atoms with Gasteiger partial charge < -0.3 is 4.74 Å². The van der Waals surface area contributed by atoms with E-state index in [-0.39, 0.29) is 18.6 Å². The van der Waals surface area contributed by atoms with E-state index in [1.165, 1.54) is 0 Å². The fraction of sp³-hybridized carbons (Fsp3) is 1.00. The molecule has 0 aliphatic carbocycles. The van der Waals surface area contributed by atoms with E-state index in [1.807, 2.05) is 6.92 Å². The summed E-state index contributed by atoms with van der Waals surface area (Å²) in [4.78, 5) is 0. The van der Waals surface area contributed by atoms with Crippen LogP contribution in [0, 0.1) is 5.92 Å². The van der Waals surface area contributed by atoms with Crippen molar-refractivity contribution in [1.82, 2.24) is 5.01 Å². The lowest BCUT2D eigenvalue weighted by atomic mass is 10.1. The van der Waals surface area contributed by atoms with Crippen molar-refractivity contribution in [2.24, 2.45) is 11.8 Å². The molecule has 0 spiro atoms. The molecule has 0 aromatic rings. The normalized spacial score (nSPS) is 31.8. The molecule has 1 unspecified atom stereocenters. The predicted molar refractivity (Wildman–Crippen MR) is 40.4 cm³/mol. The van der Waals surface area contributed by atoms with Crippen molar-refractivity contribution in [2.75, 3.05) is 13.2 Å². The Morgan fingerprint density at radius 3 is 2.75 bits per heavy atom. The molecule has 1 fully saturated rings. The minimum Gasteiger partial charge on any atom is -0.323 e. The van der Waals surface area contributed by atoms with Crippen LogP contribution in [-0.2, 0) is 4.74 Å². The highest BCUT2D eigenvalue weighted by atomic mass is 19.3. The minimum absolute atomic E-state index is 0.107. The topological polar surface area (TPSA) is 38.5 Å². The zero-order chi connectivity index (χ0) is 9.14. The lowest BCUT2D eigenvalue weighted by Crippen LogP contribution is -2.34. The molecule has 1 aliphatic rings. The first-order valence-corrected chi connectivity index (χ1v) is 4.00. The van der Waals surface area contributed by atoms with Gasteiger partial charge in [-0.15, -0.1) is 0 Å². The average molecular weight is 180 g/mol. The van der Waals surface area contributed by atoms with Gasteiger partial charge in [0, 0.05) is 12.6 Å². The highest BCUT2D eigenvalue weighted by molar-refractivity contribution is 4.78. The molecule has 0 amide bonds. The van der Waals surface area contributed by atoms with Crippen molar-refractivity contribution < 1.29 is 13.5 Å². The van der Waals surface area contributed by atoms with Crippen molar-refractivity contribution in [3.8, 4) is 0 Å². The van der Waals surface area contributed by atoms with E-state index in [1.54, 1.807) is 5.01 Å². The van der Waals surface area contributed by atoms with Gasteiger partial charge in [-0.25, -0.2) is 5.01 Å². The molecule has 2 N–H and O–H groups in total. The molecule has 0 bridgehead atoms. The van der Waals surface area contributed by atoms with Crippen molar-refractivity contribution >= 4 is 0 Å². The van der Waals surface area contributed by atoms with E-state index >= 15 is 0 Å². The zero-order valence-corrected chi connectivity index (χ0v) is 7.04. The molecule has 1 saturated heterocycles. The van der Waals surface area contributed by atoms with Gasteiger partial charge in [0.1, 0.15) is 0 Å². The molecule has 0 radical (unpaired) electrons. The summed E-state index contributed by atoms with van der Waals surface area (Å²) in [5.41, 5.74) is 0. The van der Waals surface area contributed by atoms with E-state index in [0.717, 1.165) is 6.42 Å². The number of alkyl halides is 2. The van der Waals surface area contributed by atoms with Gasteiger partial charge >= 0.3 is 6.61 Å². The molecule has 1 rings (SSSR count). The van der Waals surface area contributed by atoms with Crippen LogP contribution in [0.3, 0.4) is 0 Å². The van der Waals surface area contributed by atoms with Crippen molar-refractivity contribution in [1.29, 1.82) is 0 Å². The molecular formula is C7H14F2N2O. The van der Waals surface area contributed by atoms with Crippen LogP contribution in [0.5, 0.6) is 0 Å². The summed E-state index contributed by atoms with van der Waals surface area (Å²) in [5.74, 6) is 5.72. The molecule has 1 heterocycles. The first kappa shape index (κ1) is 9.83. The van der Waals surface area contributed by atoms with Gasteiger partial charge in [0.15, 0.2) is 0 Å². The van der Waals surface area contributed by atoms with Gasteiger partial charge in [-0.2, -0.15) is 8.78 Å². The second-order valence-corrected chi connectivity index (χ2v) is 3.24. The third-order valence-electron chi connectivity index (χ3n) is 2.17. The van der Waals surface area contributed by atoms with Gasteiger partial charge in [-0.3, -0.25) is 5.84 Å². The fourth-order valence-electron chi connectivity index (χ4n) is 1.50. The Morgan fingerprint density at radius 2 is 2.33 bits per heavy atom. The SMILES string of the molecule is C[C@@H]1CC(COC(F)F)CN1N. The highest BCUT2D eigenvalue weighted by Crippen LogP contribution is 2.20. The van der Waals surface area contributed by atoms with Crippen LogP contribution < -0.4 is 5.84 Å². The second kappa shape index (κ2) is 4.11. The van der Waals surface area contributed by atoms with Crippen molar-refractivity contribution in [2.45, 2.75) is 26.0 Å². The van der Waals surface area contributed by atoms with Gasteiger partial charge in [-0.1, -0.05) is 0 Å². The Bertz CT molecular complexity index is 135. The number of hydrazine groups is 1. The number of nitrogens with two attached hydrogens (primary N) is 1. The average Bonchev–Trinajstić information content (AvgIpc) is 2.28. The molecule has 1 aliphatic heterocycles. The van der Waals surface area contributed by atoms with E-state index in [9.17, 15) is 8.78 Å². The Balaban J connectivity index is 2.19. The van der Waals surface area contributed by atoms with Crippen LogP contribution in [0.25, 0.3) is 0 Å². The lowest BCUT2D eigenvalue weighted by Gasteiger charge is -2.12. The zero-order valence-electron chi connectivity index (χ0n) is 7.04. The lowest BCUT2D eigenvalue weighted by molar-refractivity contribution is -0.137. The highest BCUT2D eigenvalue weighted by Gasteiger charge is 2.27. The molecule has 12 heavy (non-hydrogen) atoms.